The third kappa shape index (κ3) is 4.13. The minimum atomic E-state index is 0.199. The number of hydrogen-bond acceptors (Lipinski definition) is 5. The first-order valence-electron chi connectivity index (χ1n) is 9.13. The van der Waals surface area contributed by atoms with Gasteiger partial charge in [0.25, 0.3) is 0 Å². The average Bonchev–Trinajstić information content (AvgIpc) is 3.12. The number of anilines is 2. The summed E-state index contributed by atoms with van der Waals surface area (Å²) in [7, 11) is 0. The third-order valence-corrected chi connectivity index (χ3v) is 5.43. The van der Waals surface area contributed by atoms with Crippen molar-refractivity contribution in [2.45, 2.75) is 25.3 Å². The van der Waals surface area contributed by atoms with Gasteiger partial charge in [-0.3, -0.25) is 0 Å². The van der Waals surface area contributed by atoms with Gasteiger partial charge in [0.2, 0.25) is 0 Å². The van der Waals surface area contributed by atoms with Crippen LogP contribution in [-0.4, -0.2) is 40.3 Å². The van der Waals surface area contributed by atoms with Crippen LogP contribution in [0.4, 0.5) is 11.6 Å². The Morgan fingerprint density at radius 1 is 1.22 bits per heavy atom. The van der Waals surface area contributed by atoms with Gasteiger partial charge in [-0.25, -0.2) is 4.98 Å². The van der Waals surface area contributed by atoms with Crippen molar-refractivity contribution in [1.82, 2.24) is 14.6 Å². The van der Waals surface area contributed by atoms with Crippen LogP contribution in [-0.2, 0) is 6.42 Å². The van der Waals surface area contributed by atoms with Gasteiger partial charge in [-0.05, 0) is 37.0 Å². The number of hydrogen-bond donors (Lipinski definition) is 2. The van der Waals surface area contributed by atoms with E-state index in [1.54, 1.807) is 12.3 Å². The van der Waals surface area contributed by atoms with Crippen molar-refractivity contribution in [2.24, 2.45) is 5.73 Å². The Labute approximate surface area is 168 Å². The second-order valence-electron chi connectivity index (χ2n) is 6.86. The van der Waals surface area contributed by atoms with Crippen molar-refractivity contribution in [3.8, 4) is 0 Å². The molecule has 4 rings (SSSR count). The third-order valence-electron chi connectivity index (χ3n) is 4.84. The number of nitrogens with zero attached hydrogens (tertiary/aromatic N) is 4. The van der Waals surface area contributed by atoms with E-state index in [0.717, 1.165) is 61.7 Å². The summed E-state index contributed by atoms with van der Waals surface area (Å²) in [5, 5.41) is 9.18. The van der Waals surface area contributed by atoms with E-state index in [4.69, 9.17) is 33.9 Å². The zero-order valence-corrected chi connectivity index (χ0v) is 16.4. The van der Waals surface area contributed by atoms with Crippen LogP contribution < -0.4 is 16.0 Å². The van der Waals surface area contributed by atoms with Crippen LogP contribution in [0.5, 0.6) is 0 Å². The standard InChI is InChI=1S/C19H22Cl2N6/c20-14-4-3-13(16(21)10-14)5-7-23-18-11-19(25-17-6-8-24-27(17)18)26-9-1-2-15(22)12-26/h3-4,6,8,10-11,15,23H,1-2,5,7,9,12,22H2/t15-/m1/s1. The highest BCUT2D eigenvalue weighted by Gasteiger charge is 2.19. The molecule has 0 aliphatic carbocycles. The molecule has 1 aromatic carbocycles. The Hall–Kier alpha value is -2.02. The van der Waals surface area contributed by atoms with Crippen LogP contribution in [0.15, 0.2) is 36.5 Å². The molecule has 6 nitrogen and oxygen atoms in total. The highest BCUT2D eigenvalue weighted by Crippen LogP contribution is 2.24. The maximum Gasteiger partial charge on any atom is 0.159 e. The Morgan fingerprint density at radius 3 is 2.93 bits per heavy atom. The van der Waals surface area contributed by atoms with E-state index in [2.05, 4.69) is 15.3 Å². The molecule has 0 amide bonds. The molecule has 142 valence electrons. The van der Waals surface area contributed by atoms with Crippen LogP contribution >= 0.6 is 23.2 Å². The number of nitrogens with one attached hydrogen (secondary N) is 1. The maximum atomic E-state index is 6.27. The molecule has 3 aromatic rings. The lowest BCUT2D eigenvalue weighted by Crippen LogP contribution is -2.43. The molecule has 8 heteroatoms. The minimum Gasteiger partial charge on any atom is -0.370 e. The molecule has 1 atom stereocenters. The van der Waals surface area contributed by atoms with Gasteiger partial charge in [0.1, 0.15) is 11.6 Å². The fourth-order valence-electron chi connectivity index (χ4n) is 3.46. The molecule has 0 bridgehead atoms. The zero-order valence-electron chi connectivity index (χ0n) is 14.9. The van der Waals surface area contributed by atoms with Crippen molar-refractivity contribution < 1.29 is 0 Å². The molecular weight excluding hydrogens is 383 g/mol. The number of benzene rings is 1. The summed E-state index contributed by atoms with van der Waals surface area (Å²) in [6, 6.07) is 9.75. The molecule has 3 heterocycles. The van der Waals surface area contributed by atoms with E-state index in [0.29, 0.717) is 10.0 Å². The van der Waals surface area contributed by atoms with E-state index < -0.39 is 0 Å². The molecule has 3 N–H and O–H groups in total. The first-order valence-corrected chi connectivity index (χ1v) is 9.89. The molecular formula is C19H22Cl2N6. The number of aromatic nitrogens is 3. The number of rotatable bonds is 5. The van der Waals surface area contributed by atoms with E-state index in [-0.39, 0.29) is 6.04 Å². The van der Waals surface area contributed by atoms with Crippen LogP contribution in [0.3, 0.4) is 0 Å². The Kier molecular flexibility index (Phi) is 5.38. The molecule has 2 aromatic heterocycles. The summed E-state index contributed by atoms with van der Waals surface area (Å²) in [6.45, 7) is 2.53. The van der Waals surface area contributed by atoms with Crippen molar-refractivity contribution in [3.63, 3.8) is 0 Å². The molecule has 27 heavy (non-hydrogen) atoms. The molecule has 0 radical (unpaired) electrons. The maximum absolute atomic E-state index is 6.27. The van der Waals surface area contributed by atoms with E-state index in [1.807, 2.05) is 28.8 Å². The number of piperidine rings is 1. The van der Waals surface area contributed by atoms with Gasteiger partial charge in [0, 0.05) is 47.9 Å². The lowest BCUT2D eigenvalue weighted by atomic mass is 10.1. The number of nitrogens with two attached hydrogens (primary N) is 1. The number of halogens is 2. The first-order chi connectivity index (χ1) is 13.1. The molecule has 1 saturated heterocycles. The average molecular weight is 405 g/mol. The highest BCUT2D eigenvalue weighted by molar-refractivity contribution is 6.35. The van der Waals surface area contributed by atoms with Gasteiger partial charge >= 0.3 is 0 Å². The zero-order chi connectivity index (χ0) is 18.8. The topological polar surface area (TPSA) is 71.5 Å². The fourth-order valence-corrected chi connectivity index (χ4v) is 3.96. The highest BCUT2D eigenvalue weighted by atomic mass is 35.5. The van der Waals surface area contributed by atoms with Crippen LogP contribution in [0, 0.1) is 0 Å². The molecule has 1 aliphatic heterocycles. The first kappa shape index (κ1) is 18.3. The van der Waals surface area contributed by atoms with E-state index in [1.165, 1.54) is 0 Å². The predicted octanol–water partition coefficient (Wildman–Crippen LogP) is 3.62. The smallest absolute Gasteiger partial charge is 0.159 e. The SMILES string of the molecule is N[C@@H]1CCCN(c2cc(NCCc3ccc(Cl)cc3Cl)n3nccc3n2)C1. The van der Waals surface area contributed by atoms with Crippen molar-refractivity contribution in [2.75, 3.05) is 29.9 Å². The summed E-state index contributed by atoms with van der Waals surface area (Å²) < 4.78 is 1.82. The quantitative estimate of drug-likeness (QED) is 0.679. The molecule has 1 fully saturated rings. The lowest BCUT2D eigenvalue weighted by molar-refractivity contribution is 0.503. The van der Waals surface area contributed by atoms with Crippen LogP contribution in [0.2, 0.25) is 10.0 Å². The molecule has 0 saturated carbocycles. The van der Waals surface area contributed by atoms with Gasteiger partial charge in [0.15, 0.2) is 5.65 Å². The Balaban J connectivity index is 1.52. The molecule has 1 aliphatic rings. The van der Waals surface area contributed by atoms with Gasteiger partial charge in [-0.2, -0.15) is 9.61 Å². The monoisotopic (exact) mass is 404 g/mol. The van der Waals surface area contributed by atoms with E-state index >= 15 is 0 Å². The normalized spacial score (nSPS) is 17.4. The minimum absolute atomic E-state index is 0.199. The second-order valence-corrected chi connectivity index (χ2v) is 7.71. The predicted molar refractivity (Wildman–Crippen MR) is 111 cm³/mol. The second kappa shape index (κ2) is 7.92. The Morgan fingerprint density at radius 2 is 2.11 bits per heavy atom. The summed E-state index contributed by atoms with van der Waals surface area (Å²) in [4.78, 5) is 6.99. The Bertz CT molecular complexity index is 941. The summed E-state index contributed by atoms with van der Waals surface area (Å²) >= 11 is 12.2. The van der Waals surface area contributed by atoms with Gasteiger partial charge < -0.3 is 16.0 Å². The lowest BCUT2D eigenvalue weighted by Gasteiger charge is -2.32. The van der Waals surface area contributed by atoms with Gasteiger partial charge in [0.05, 0.1) is 6.20 Å². The van der Waals surface area contributed by atoms with Crippen molar-refractivity contribution >= 4 is 40.5 Å². The van der Waals surface area contributed by atoms with Gasteiger partial charge in [-0.15, -0.1) is 0 Å². The van der Waals surface area contributed by atoms with E-state index in [9.17, 15) is 0 Å². The van der Waals surface area contributed by atoms with Crippen molar-refractivity contribution in [3.05, 3.63) is 52.1 Å². The number of fused-ring (bicyclic) bond motifs is 1. The fraction of sp³-hybridized carbons (Fsp3) is 0.368. The van der Waals surface area contributed by atoms with Crippen molar-refractivity contribution in [1.29, 1.82) is 0 Å². The van der Waals surface area contributed by atoms with Crippen LogP contribution in [0.1, 0.15) is 18.4 Å². The van der Waals surface area contributed by atoms with Crippen LogP contribution in [0.25, 0.3) is 5.65 Å². The largest absolute Gasteiger partial charge is 0.370 e. The summed E-state index contributed by atoms with van der Waals surface area (Å²) in [5.74, 6) is 1.84. The summed E-state index contributed by atoms with van der Waals surface area (Å²) in [6.07, 6.45) is 4.70. The molecule has 0 unspecified atom stereocenters. The molecule has 0 spiro atoms. The van der Waals surface area contributed by atoms with Gasteiger partial charge in [-0.1, -0.05) is 29.3 Å². The summed E-state index contributed by atoms with van der Waals surface area (Å²) in [5.41, 5.74) is 8.01.